The summed E-state index contributed by atoms with van der Waals surface area (Å²) in [5.41, 5.74) is 8.00. The Kier molecular flexibility index (Phi) is 38.3. The van der Waals surface area contributed by atoms with Gasteiger partial charge in [0.2, 0.25) is 0 Å². The number of likely N-dealkylation sites (N-methyl/N-ethyl adjacent to an activating group) is 1. The number of nitrogens with two attached hydrogens (primary N) is 1. The summed E-state index contributed by atoms with van der Waals surface area (Å²) < 4.78 is 37.0. The number of esters is 2. The number of aromatic nitrogens is 8. The Labute approximate surface area is 787 Å². The van der Waals surface area contributed by atoms with E-state index in [4.69, 9.17) is 97.1 Å². The van der Waals surface area contributed by atoms with Gasteiger partial charge in [-0.25, -0.2) is 19.9 Å². The second-order valence-electron chi connectivity index (χ2n) is 26.4. The Morgan fingerprint density at radius 2 is 0.793 bits per heavy atom. The van der Waals surface area contributed by atoms with Crippen molar-refractivity contribution in [2.24, 2.45) is 5.73 Å². The predicted molar refractivity (Wildman–Crippen MR) is 476 cm³/mol. The number of nitrogens with one attached hydrogen (secondary N) is 2. The third-order valence-electron chi connectivity index (χ3n) is 18.8. The van der Waals surface area contributed by atoms with Crippen molar-refractivity contribution in [2.45, 2.75) is 97.6 Å². The normalized spacial score (nSPS) is 13.6. The first-order chi connectivity index (χ1) is 56.8. The Bertz CT molecular complexity index is 6060. The van der Waals surface area contributed by atoms with E-state index in [0.29, 0.717) is 192 Å². The van der Waals surface area contributed by atoms with Crippen LogP contribution in [0.2, 0.25) is 25.2 Å². The minimum absolute atomic E-state index is 0. The van der Waals surface area contributed by atoms with E-state index in [1.807, 2.05) is 38.9 Å². The Morgan fingerprint density at radius 1 is 0.488 bits per heavy atom. The summed E-state index contributed by atoms with van der Waals surface area (Å²) in [6, 6.07) is 27.8. The van der Waals surface area contributed by atoms with Crippen molar-refractivity contribution in [3.05, 3.63) is 163 Å². The number of rotatable bonds is 21. The van der Waals surface area contributed by atoms with E-state index in [9.17, 15) is 48.6 Å². The van der Waals surface area contributed by atoms with E-state index >= 15 is 0 Å². The molecule has 0 spiro atoms. The van der Waals surface area contributed by atoms with Crippen molar-refractivity contribution in [1.29, 1.82) is 0 Å². The predicted octanol–water partition coefficient (Wildman–Crippen LogP) is 6.74. The SMILES string of the molecule is CCBr.CCN(c1ccc2c(=O)c3ccc(Cl)c(SC)c3n(CC(=O)[O-])c2n1)C1COC1.CCOC(=O)Cn1c2nc(Cl)ccc2c(=O)c2ccc(Cl)c(SC)c21.CCOC(=O)Cn1c2nc(NC3COC3)ccc2c(=O)c2ccc(Cl)c(SC)c21.CSc1c(Cl)ccc2c(=O)c3ccc(NC4COC4)nc3n(CC(=O)O)c12.NC1COC1.[Na+].[Na+].[OH-]. The monoisotopic (exact) mass is 1910 g/mol. The average molecular weight is 1920 g/mol. The van der Waals surface area contributed by atoms with Crippen LogP contribution in [-0.2, 0) is 73.8 Å². The second kappa shape index (κ2) is 46.3. The van der Waals surface area contributed by atoms with Crippen molar-refractivity contribution in [1.82, 2.24) is 38.2 Å². The molecule has 4 saturated heterocycles. The van der Waals surface area contributed by atoms with Gasteiger partial charge in [-0.05, 0) is 143 Å². The summed E-state index contributed by atoms with van der Waals surface area (Å²) in [5, 5.41) is 34.1. The number of aliphatic carboxylic acids is 2. The number of carboxylic acid groups (broad SMARTS) is 2. The molecule has 0 atom stereocenters. The van der Waals surface area contributed by atoms with Gasteiger partial charge in [-0.1, -0.05) is 80.9 Å². The molecule has 0 amide bonds. The van der Waals surface area contributed by atoms with E-state index in [2.05, 4.69) is 46.4 Å². The number of hydrogen-bond acceptors (Lipinski definition) is 28. The van der Waals surface area contributed by atoms with Gasteiger partial charge in [-0.2, -0.15) is 0 Å². The molecule has 632 valence electrons. The smallest absolute Gasteiger partial charge is 0.870 e. The molecule has 6 N–H and O–H groups in total. The van der Waals surface area contributed by atoms with Crippen LogP contribution in [0, 0.1) is 0 Å². The molecule has 4 aliphatic rings. The van der Waals surface area contributed by atoms with Crippen LogP contribution in [0.1, 0.15) is 27.7 Å². The van der Waals surface area contributed by atoms with Gasteiger partial charge < -0.3 is 88.4 Å². The van der Waals surface area contributed by atoms with Crippen molar-refractivity contribution in [3.63, 3.8) is 0 Å². The van der Waals surface area contributed by atoms with Gasteiger partial charge in [0.05, 0.1) is 186 Å². The molecule has 0 radical (unpaired) electrons. The summed E-state index contributed by atoms with van der Waals surface area (Å²) in [5.74, 6) is -1.26. The molecule has 0 unspecified atom stereocenters. The zero-order valence-electron chi connectivity index (χ0n) is 67.4. The molecular formula is C80H82BrCl5N12Na2O17S4. The molecule has 16 rings (SSSR count). The zero-order valence-corrected chi connectivity index (χ0v) is 80.0. The van der Waals surface area contributed by atoms with Crippen LogP contribution in [0.4, 0.5) is 17.5 Å². The number of carbonyl (C=O) groups is 4. The van der Waals surface area contributed by atoms with Gasteiger partial charge in [0, 0.05) is 33.4 Å². The van der Waals surface area contributed by atoms with E-state index in [-0.39, 0.29) is 142 Å². The van der Waals surface area contributed by atoms with Crippen molar-refractivity contribution in [2.75, 3.05) is 119 Å². The van der Waals surface area contributed by atoms with Gasteiger partial charge in [0.25, 0.3) is 0 Å². The number of carbonyl (C=O) groups excluding carboxylic acids is 3. The quantitative estimate of drug-likeness (QED) is 0.0144. The van der Waals surface area contributed by atoms with Crippen molar-refractivity contribution < 1.29 is 122 Å². The summed E-state index contributed by atoms with van der Waals surface area (Å²) in [4.78, 5) is 123. The Hall–Kier alpha value is -6.27. The summed E-state index contributed by atoms with van der Waals surface area (Å²) >= 11 is 40.1. The maximum Gasteiger partial charge on any atom is 1.00 e. The number of alkyl halides is 1. The maximum absolute atomic E-state index is 13.2. The topological polar surface area (TPSA) is 390 Å². The third kappa shape index (κ3) is 22.8. The van der Waals surface area contributed by atoms with E-state index < -0.39 is 30.4 Å². The molecule has 8 aromatic heterocycles. The van der Waals surface area contributed by atoms with Crippen LogP contribution < -0.4 is 107 Å². The molecule has 4 fully saturated rings. The van der Waals surface area contributed by atoms with E-state index in [1.54, 1.807) is 125 Å². The fourth-order valence-electron chi connectivity index (χ4n) is 13.3. The fourth-order valence-corrected chi connectivity index (χ4v) is 17.6. The summed E-state index contributed by atoms with van der Waals surface area (Å²) in [7, 11) is 0. The molecular weight excluding hydrogens is 1830 g/mol. The number of fused-ring (bicyclic) bond motifs is 8. The largest absolute Gasteiger partial charge is 1.00 e. The molecule has 12 heterocycles. The molecule has 0 aliphatic carbocycles. The van der Waals surface area contributed by atoms with Gasteiger partial charge in [-0.15, -0.1) is 47.0 Å². The molecule has 41 heteroatoms. The third-order valence-corrected chi connectivity index (χ3v) is 24.0. The van der Waals surface area contributed by atoms with Crippen LogP contribution in [0.5, 0.6) is 0 Å². The Balaban J connectivity index is 0.000000193. The number of pyridine rings is 8. The standard InChI is InChI=1S/2C20H20ClN3O4S.C18H16ClN3O4S.C17H14Cl2N2O3S.C3H7NO.C2H5Br.2Na.H2O/c1-3-23(11-9-28-10-11)15-7-5-13-18(27)12-4-6-14(21)19(29-2)17(12)24(8-16(25)26)20(13)22-15;1-3-28-16(25)8-24-17-12(4-6-14(21)19(17)29-2)18(26)13-5-7-15(23-20(13)24)22-11-9-27-10-11;1-27-17-12(19)4-2-10-15(17)22(6-14(23)24)18-11(16(10)25)3-5-13(21-18)20-9-7-26-8-9;1-3-24-13(22)8-21-14-9(4-6-11(18)16(14)25-2)15(23)10-5-7-12(19)20-17(10)21;4-3-1-5-2-3;1-2-3;;;/h4-7,11H,3,8-10H2,1-2H3,(H,25,26);4-7,11H,3,8-10H2,1-2H3,(H,22,23);2-5,9H,6-8H2,1H3,(H,20,21)(H,23,24);4-7H,3,8H2,1-2H3;3H,1-2,4H2;2H2,1H3;;;1H2/q;;;;;;2*+1;/p-2. The maximum atomic E-state index is 13.2. The average Bonchev–Trinajstić information content (AvgIpc) is 0.752. The molecule has 4 aliphatic heterocycles. The number of thioether (sulfide) groups is 4. The van der Waals surface area contributed by atoms with Gasteiger partial charge in [0.1, 0.15) is 64.8 Å². The molecule has 0 saturated carbocycles. The number of anilines is 3. The molecule has 29 nitrogen and oxygen atoms in total. The summed E-state index contributed by atoms with van der Waals surface area (Å²) in [6.07, 6.45) is 7.40. The number of ether oxygens (including phenoxy) is 6. The number of carboxylic acids is 2. The molecule has 12 aromatic rings. The first kappa shape index (κ1) is 100. The fraction of sp³-hybridized carbons (Fsp3) is 0.350. The van der Waals surface area contributed by atoms with Crippen LogP contribution in [0.25, 0.3) is 87.7 Å². The van der Waals surface area contributed by atoms with Gasteiger partial charge >= 0.3 is 77.0 Å². The van der Waals surface area contributed by atoms with Gasteiger partial charge in [-0.3, -0.25) is 33.6 Å². The summed E-state index contributed by atoms with van der Waals surface area (Å²) in [6.45, 7) is 13.0. The molecule has 121 heavy (non-hydrogen) atoms. The Morgan fingerprint density at radius 3 is 1.08 bits per heavy atom. The molecule has 4 aromatic carbocycles. The minimum atomic E-state index is -1.27. The van der Waals surface area contributed by atoms with Crippen LogP contribution >= 0.6 is 121 Å². The second-order valence-corrected chi connectivity index (χ2v) is 32.8. The first-order valence-electron chi connectivity index (χ1n) is 36.9. The molecule has 0 bridgehead atoms. The van der Waals surface area contributed by atoms with Gasteiger partial charge in [0.15, 0.2) is 21.7 Å². The first-order valence-corrected chi connectivity index (χ1v) is 44.8. The minimum Gasteiger partial charge on any atom is -0.870 e. The van der Waals surface area contributed by atoms with Crippen molar-refractivity contribution in [3.8, 4) is 0 Å². The van der Waals surface area contributed by atoms with Crippen LogP contribution in [0.15, 0.2) is 136 Å². The number of benzene rings is 4. The number of hydrogen-bond donors (Lipinski definition) is 4. The number of halogens is 6. The van der Waals surface area contributed by atoms with E-state index in [1.165, 1.54) is 51.6 Å². The van der Waals surface area contributed by atoms with Crippen molar-refractivity contribution >= 4 is 250 Å². The number of nitrogens with zero attached hydrogens (tertiary/aromatic N) is 9. The zero-order chi connectivity index (χ0) is 84.9. The van der Waals surface area contributed by atoms with Crippen LogP contribution in [0.3, 0.4) is 0 Å². The van der Waals surface area contributed by atoms with Crippen LogP contribution in [-0.4, -0.2) is 200 Å². The van der Waals surface area contributed by atoms with E-state index in [0.717, 1.165) is 23.4 Å².